The molecule has 0 saturated carbocycles. The number of nitrogens with zero attached hydrogens (tertiary/aromatic N) is 1. The molecule has 0 rings (SSSR count). The van der Waals surface area contributed by atoms with Crippen molar-refractivity contribution in [3.63, 3.8) is 0 Å². The first kappa shape index (κ1) is 8.02. The van der Waals surface area contributed by atoms with E-state index in [1.54, 1.807) is 6.07 Å². The first-order chi connectivity index (χ1) is 4.06. The van der Waals surface area contributed by atoms with Crippen LogP contribution < -0.4 is 0 Å². The van der Waals surface area contributed by atoms with Gasteiger partial charge < -0.3 is 0 Å². The molecule has 1 nitrogen and oxygen atoms in total. The van der Waals surface area contributed by atoms with E-state index in [0.29, 0.717) is 0 Å². The maximum absolute atomic E-state index is 11.2. The van der Waals surface area contributed by atoms with Crippen molar-refractivity contribution in [3.05, 3.63) is 12.2 Å². The van der Waals surface area contributed by atoms with Gasteiger partial charge in [-0.2, -0.15) is 18.4 Å². The zero-order valence-corrected chi connectivity index (χ0v) is 4.44. The Hall–Kier alpha value is -0.980. The Balaban J connectivity index is 3.61. The molecule has 0 unspecified atom stereocenters. The van der Waals surface area contributed by atoms with Crippen molar-refractivity contribution in [3.8, 4) is 6.07 Å². The molecule has 0 bridgehead atoms. The van der Waals surface area contributed by atoms with Crippen molar-refractivity contribution in [2.24, 2.45) is 0 Å². The molecule has 0 aromatic carbocycles. The van der Waals surface area contributed by atoms with Crippen LogP contribution in [0.15, 0.2) is 12.2 Å². The predicted octanol–water partition coefficient (Wildman–Crippen LogP) is 2.02. The molecule has 0 atom stereocenters. The SMILES string of the molecule is N#CCC=CC(F)(F)F. The minimum Gasteiger partial charge on any atom is -0.198 e. The molecular weight excluding hydrogens is 131 g/mol. The lowest BCUT2D eigenvalue weighted by Crippen LogP contribution is -1.99. The number of rotatable bonds is 1. The van der Waals surface area contributed by atoms with Gasteiger partial charge in [-0.1, -0.05) is 6.08 Å². The maximum atomic E-state index is 11.2. The lowest BCUT2D eigenvalue weighted by molar-refractivity contribution is -0.0799. The van der Waals surface area contributed by atoms with Crippen molar-refractivity contribution >= 4 is 0 Å². The summed E-state index contributed by atoms with van der Waals surface area (Å²) in [5, 5.41) is 7.79. The Labute approximate surface area is 50.4 Å². The van der Waals surface area contributed by atoms with Gasteiger partial charge >= 0.3 is 6.18 Å². The van der Waals surface area contributed by atoms with Gasteiger partial charge in [-0.25, -0.2) is 0 Å². The van der Waals surface area contributed by atoms with Gasteiger partial charge in [0.05, 0.1) is 12.5 Å². The summed E-state index contributed by atoms with van der Waals surface area (Å²) in [7, 11) is 0. The van der Waals surface area contributed by atoms with Gasteiger partial charge in [0.1, 0.15) is 0 Å². The molecule has 0 amide bonds. The van der Waals surface area contributed by atoms with Gasteiger partial charge in [-0.05, 0) is 0 Å². The normalized spacial score (nSPS) is 11.8. The van der Waals surface area contributed by atoms with Gasteiger partial charge in [0.15, 0.2) is 0 Å². The second-order valence-corrected chi connectivity index (χ2v) is 1.31. The minimum atomic E-state index is -4.28. The summed E-state index contributed by atoms with van der Waals surface area (Å²) in [6.45, 7) is 0. The molecule has 0 spiro atoms. The van der Waals surface area contributed by atoms with Crippen LogP contribution in [0.5, 0.6) is 0 Å². The summed E-state index contributed by atoms with van der Waals surface area (Å²) < 4.78 is 33.5. The Kier molecular flexibility index (Phi) is 2.79. The number of alkyl halides is 3. The average molecular weight is 135 g/mol. The fourth-order valence-electron chi connectivity index (χ4n) is 0.245. The molecule has 0 fully saturated rings. The van der Waals surface area contributed by atoms with Crippen LogP contribution in [0, 0.1) is 11.3 Å². The standard InChI is InChI=1S/C5H4F3N/c6-5(7,8)3-1-2-4-9/h1,3H,2H2. The second kappa shape index (κ2) is 3.13. The summed E-state index contributed by atoms with van der Waals surface area (Å²) in [4.78, 5) is 0. The number of nitriles is 1. The molecule has 0 N–H and O–H groups in total. The number of hydrogen-bond donors (Lipinski definition) is 0. The Morgan fingerprint density at radius 2 is 2.00 bits per heavy atom. The summed E-state index contributed by atoms with van der Waals surface area (Å²) in [5.74, 6) is 0. The van der Waals surface area contributed by atoms with E-state index in [4.69, 9.17) is 5.26 Å². The third kappa shape index (κ3) is 7.02. The van der Waals surface area contributed by atoms with Crippen LogP contribution in [0.4, 0.5) is 13.2 Å². The zero-order valence-electron chi connectivity index (χ0n) is 4.44. The molecule has 0 aromatic rings. The van der Waals surface area contributed by atoms with Crippen molar-refractivity contribution < 1.29 is 13.2 Å². The number of allylic oxidation sites excluding steroid dienone is 2. The summed E-state index contributed by atoms with van der Waals surface area (Å²) >= 11 is 0. The van der Waals surface area contributed by atoms with Gasteiger partial charge in [-0.3, -0.25) is 0 Å². The van der Waals surface area contributed by atoms with Crippen LogP contribution in [0.3, 0.4) is 0 Å². The largest absolute Gasteiger partial charge is 0.409 e. The Morgan fingerprint density at radius 3 is 2.33 bits per heavy atom. The highest BCUT2D eigenvalue weighted by Crippen LogP contribution is 2.15. The molecular formula is C5H4F3N. The fraction of sp³-hybridized carbons (Fsp3) is 0.400. The van der Waals surface area contributed by atoms with Crippen molar-refractivity contribution in [1.82, 2.24) is 0 Å². The van der Waals surface area contributed by atoms with Crippen molar-refractivity contribution in [1.29, 1.82) is 5.26 Å². The van der Waals surface area contributed by atoms with E-state index in [1.807, 2.05) is 0 Å². The van der Waals surface area contributed by atoms with Gasteiger partial charge in [0.2, 0.25) is 0 Å². The summed E-state index contributed by atoms with van der Waals surface area (Å²) in [6, 6.07) is 1.55. The first-order valence-corrected chi connectivity index (χ1v) is 2.17. The van der Waals surface area contributed by atoms with Crippen LogP contribution >= 0.6 is 0 Å². The molecule has 50 valence electrons. The van der Waals surface area contributed by atoms with Crippen LogP contribution in [0.25, 0.3) is 0 Å². The van der Waals surface area contributed by atoms with Crippen molar-refractivity contribution in [2.45, 2.75) is 12.6 Å². The highest BCUT2D eigenvalue weighted by atomic mass is 19.4. The van der Waals surface area contributed by atoms with Crippen LogP contribution in [-0.2, 0) is 0 Å². The predicted molar refractivity (Wildman–Crippen MR) is 25.4 cm³/mol. The molecule has 0 radical (unpaired) electrons. The fourth-order valence-corrected chi connectivity index (χ4v) is 0.245. The Bertz CT molecular complexity index is 139. The molecule has 0 heterocycles. The van der Waals surface area contributed by atoms with Crippen LogP contribution in [0.1, 0.15) is 6.42 Å². The molecule has 4 heteroatoms. The average Bonchev–Trinajstić information content (AvgIpc) is 1.63. The van der Waals surface area contributed by atoms with E-state index < -0.39 is 6.18 Å². The quantitative estimate of drug-likeness (QED) is 0.504. The monoisotopic (exact) mass is 135 g/mol. The molecule has 0 aliphatic carbocycles. The van der Waals surface area contributed by atoms with Crippen LogP contribution in [-0.4, -0.2) is 6.18 Å². The molecule has 0 aromatic heterocycles. The van der Waals surface area contributed by atoms with E-state index in [9.17, 15) is 13.2 Å². The van der Waals surface area contributed by atoms with E-state index >= 15 is 0 Å². The van der Waals surface area contributed by atoms with Crippen molar-refractivity contribution in [2.75, 3.05) is 0 Å². The van der Waals surface area contributed by atoms with Gasteiger partial charge in [0, 0.05) is 6.08 Å². The second-order valence-electron chi connectivity index (χ2n) is 1.31. The minimum absolute atomic E-state index is 0.0518. The first-order valence-electron chi connectivity index (χ1n) is 2.17. The maximum Gasteiger partial charge on any atom is 0.409 e. The molecule has 0 aliphatic heterocycles. The lowest BCUT2D eigenvalue weighted by Gasteiger charge is -1.94. The molecule has 0 aliphatic rings. The van der Waals surface area contributed by atoms with E-state index in [1.165, 1.54) is 0 Å². The molecule has 0 saturated heterocycles. The third-order valence-corrected chi connectivity index (χ3v) is 0.516. The summed E-state index contributed by atoms with van der Waals surface area (Å²) in [6.07, 6.45) is -3.65. The van der Waals surface area contributed by atoms with E-state index in [-0.39, 0.29) is 12.5 Å². The highest BCUT2D eigenvalue weighted by Gasteiger charge is 2.21. The van der Waals surface area contributed by atoms with Crippen LogP contribution in [0.2, 0.25) is 0 Å². The smallest absolute Gasteiger partial charge is 0.198 e. The number of halogens is 3. The van der Waals surface area contributed by atoms with E-state index in [0.717, 1.165) is 6.08 Å². The lowest BCUT2D eigenvalue weighted by atomic mass is 10.4. The zero-order chi connectivity index (χ0) is 7.33. The highest BCUT2D eigenvalue weighted by molar-refractivity contribution is 4.94. The van der Waals surface area contributed by atoms with E-state index in [2.05, 4.69) is 0 Å². The number of hydrogen-bond acceptors (Lipinski definition) is 1. The third-order valence-electron chi connectivity index (χ3n) is 0.516. The Morgan fingerprint density at radius 1 is 1.44 bits per heavy atom. The van der Waals surface area contributed by atoms with Gasteiger partial charge in [0.25, 0.3) is 0 Å². The molecule has 9 heavy (non-hydrogen) atoms. The summed E-state index contributed by atoms with van der Waals surface area (Å²) in [5.41, 5.74) is 0. The topological polar surface area (TPSA) is 23.8 Å². The van der Waals surface area contributed by atoms with Gasteiger partial charge in [-0.15, -0.1) is 0 Å².